The monoisotopic (exact) mass is 367 g/mol. The fraction of sp³-hybridized carbons (Fsp3) is 0.240. The molecular formula is C25H21NO2. The highest BCUT2D eigenvalue weighted by Gasteiger charge is 2.39. The van der Waals surface area contributed by atoms with Crippen LogP contribution < -0.4 is 5.32 Å². The number of carboxylic acids is 1. The smallest absolute Gasteiger partial charge is 0.335 e. The number of aryl methyl sites for hydroxylation is 2. The maximum atomic E-state index is 11.4. The van der Waals surface area contributed by atoms with E-state index in [2.05, 4.69) is 47.8 Å². The van der Waals surface area contributed by atoms with Gasteiger partial charge in [-0.25, -0.2) is 4.79 Å². The molecule has 0 fully saturated rings. The van der Waals surface area contributed by atoms with Crippen molar-refractivity contribution in [2.75, 3.05) is 5.32 Å². The highest BCUT2D eigenvalue weighted by atomic mass is 16.4. The van der Waals surface area contributed by atoms with Crippen LogP contribution >= 0.6 is 0 Å². The zero-order valence-corrected chi connectivity index (χ0v) is 15.5. The molecule has 3 aliphatic rings. The molecule has 6 rings (SSSR count). The lowest BCUT2D eigenvalue weighted by Gasteiger charge is -2.38. The molecular weight excluding hydrogens is 346 g/mol. The number of allylic oxidation sites excluding steroid dienone is 2. The summed E-state index contributed by atoms with van der Waals surface area (Å²) < 4.78 is 0. The van der Waals surface area contributed by atoms with Crippen LogP contribution in [0.2, 0.25) is 0 Å². The van der Waals surface area contributed by atoms with Crippen molar-refractivity contribution < 1.29 is 9.90 Å². The topological polar surface area (TPSA) is 49.3 Å². The molecule has 3 atom stereocenters. The lowest BCUT2D eigenvalue weighted by molar-refractivity contribution is 0.0696. The summed E-state index contributed by atoms with van der Waals surface area (Å²) in [5.74, 6) is -0.186. The summed E-state index contributed by atoms with van der Waals surface area (Å²) in [7, 11) is 0. The van der Waals surface area contributed by atoms with Gasteiger partial charge in [0.2, 0.25) is 0 Å². The predicted molar refractivity (Wildman–Crippen MR) is 111 cm³/mol. The molecule has 3 unspecified atom stereocenters. The predicted octanol–water partition coefficient (Wildman–Crippen LogP) is 5.46. The van der Waals surface area contributed by atoms with Crippen molar-refractivity contribution in [3.05, 3.63) is 88.5 Å². The Morgan fingerprint density at radius 3 is 2.71 bits per heavy atom. The zero-order chi connectivity index (χ0) is 18.8. The minimum atomic E-state index is -0.865. The first-order chi connectivity index (χ1) is 13.7. The van der Waals surface area contributed by atoms with Gasteiger partial charge in [0.25, 0.3) is 0 Å². The molecule has 0 radical (unpaired) electrons. The number of carboxylic acid groups (broad SMARTS) is 1. The Morgan fingerprint density at radius 2 is 1.86 bits per heavy atom. The molecule has 2 N–H and O–H groups in total. The molecule has 0 saturated heterocycles. The first kappa shape index (κ1) is 15.9. The summed E-state index contributed by atoms with van der Waals surface area (Å²) in [5, 5.41) is 16.0. The van der Waals surface area contributed by atoms with Crippen LogP contribution in [0, 0.1) is 5.92 Å². The first-order valence-corrected chi connectivity index (χ1v) is 10.0. The fourth-order valence-electron chi connectivity index (χ4n) is 5.58. The molecule has 0 spiro atoms. The Hall–Kier alpha value is -3.07. The number of hydrogen-bond donors (Lipinski definition) is 2. The van der Waals surface area contributed by atoms with Crippen LogP contribution in [-0.2, 0) is 12.8 Å². The van der Waals surface area contributed by atoms with Gasteiger partial charge in [-0.1, -0.05) is 42.5 Å². The van der Waals surface area contributed by atoms with Gasteiger partial charge in [0.05, 0.1) is 11.6 Å². The van der Waals surface area contributed by atoms with Gasteiger partial charge in [-0.05, 0) is 76.4 Å². The second-order valence-corrected chi connectivity index (χ2v) is 8.24. The summed E-state index contributed by atoms with van der Waals surface area (Å²) in [6.45, 7) is 0. The van der Waals surface area contributed by atoms with Crippen molar-refractivity contribution >= 4 is 22.4 Å². The quantitative estimate of drug-likeness (QED) is 0.591. The molecule has 3 heteroatoms. The van der Waals surface area contributed by atoms with E-state index >= 15 is 0 Å². The highest BCUT2D eigenvalue weighted by molar-refractivity contribution is 5.94. The number of nitrogens with one attached hydrogen (secondary N) is 1. The van der Waals surface area contributed by atoms with E-state index < -0.39 is 5.97 Å². The maximum absolute atomic E-state index is 11.4. The minimum absolute atomic E-state index is 0.230. The first-order valence-electron chi connectivity index (χ1n) is 10.0. The van der Waals surface area contributed by atoms with E-state index in [1.54, 1.807) is 6.07 Å². The molecule has 3 nitrogen and oxygen atoms in total. The van der Waals surface area contributed by atoms with E-state index in [4.69, 9.17) is 0 Å². The average molecular weight is 367 g/mol. The number of aromatic carboxylic acids is 1. The van der Waals surface area contributed by atoms with Gasteiger partial charge >= 0.3 is 5.97 Å². The molecule has 0 aromatic heterocycles. The fourth-order valence-corrected chi connectivity index (χ4v) is 5.58. The number of fused-ring (bicyclic) bond motifs is 3. The molecule has 0 amide bonds. The van der Waals surface area contributed by atoms with Crippen molar-refractivity contribution in [1.82, 2.24) is 0 Å². The largest absolute Gasteiger partial charge is 0.478 e. The van der Waals surface area contributed by atoms with Crippen LogP contribution in [0.3, 0.4) is 0 Å². The van der Waals surface area contributed by atoms with Gasteiger partial charge in [-0.3, -0.25) is 0 Å². The Balaban J connectivity index is 1.51. The van der Waals surface area contributed by atoms with E-state index in [1.807, 2.05) is 12.1 Å². The molecule has 3 aromatic rings. The number of carbonyl (C=O) groups is 1. The van der Waals surface area contributed by atoms with Gasteiger partial charge in [-0.2, -0.15) is 0 Å². The van der Waals surface area contributed by atoms with E-state index in [-0.39, 0.29) is 12.0 Å². The molecule has 28 heavy (non-hydrogen) atoms. The number of benzene rings is 3. The number of anilines is 1. The van der Waals surface area contributed by atoms with E-state index in [1.165, 1.54) is 27.5 Å². The van der Waals surface area contributed by atoms with Crippen LogP contribution in [0.15, 0.2) is 60.7 Å². The van der Waals surface area contributed by atoms with Gasteiger partial charge in [-0.15, -0.1) is 0 Å². The number of hydrogen-bond acceptors (Lipinski definition) is 2. The van der Waals surface area contributed by atoms with Gasteiger partial charge < -0.3 is 10.4 Å². The van der Waals surface area contributed by atoms with Crippen molar-refractivity contribution in [3.8, 4) is 0 Å². The molecule has 0 saturated carbocycles. The van der Waals surface area contributed by atoms with Crippen molar-refractivity contribution in [3.63, 3.8) is 0 Å². The molecule has 1 heterocycles. The molecule has 0 bridgehead atoms. The SMILES string of the molecule is O=C(O)c1ccc2c(c1)C1C=CCC1C(c1ccc3c4c(cccc14)CC3)N2. The zero-order valence-electron chi connectivity index (χ0n) is 15.5. The van der Waals surface area contributed by atoms with Gasteiger partial charge in [0.1, 0.15) is 0 Å². The third-order valence-corrected chi connectivity index (χ3v) is 6.86. The number of rotatable bonds is 2. The molecule has 3 aromatic carbocycles. The van der Waals surface area contributed by atoms with Crippen LogP contribution in [0.4, 0.5) is 5.69 Å². The average Bonchev–Trinajstić information content (AvgIpc) is 3.36. The highest BCUT2D eigenvalue weighted by Crippen LogP contribution is 2.51. The minimum Gasteiger partial charge on any atom is -0.478 e. The van der Waals surface area contributed by atoms with Crippen LogP contribution in [0.5, 0.6) is 0 Å². The lowest BCUT2D eigenvalue weighted by Crippen LogP contribution is -2.29. The molecule has 138 valence electrons. The summed E-state index contributed by atoms with van der Waals surface area (Å²) >= 11 is 0. The standard InChI is InChI=1S/C25H21NO2/c27-25(28)16-10-12-22-21(13-16)17-4-2-6-19(17)24(26-22)20-11-9-15-8-7-14-3-1-5-18(20)23(14)15/h1-5,9-13,17,19,24,26H,6-8H2,(H,27,28). The summed E-state index contributed by atoms with van der Waals surface area (Å²) in [5.41, 5.74) is 6.85. The Morgan fingerprint density at radius 1 is 1.00 bits per heavy atom. The van der Waals surface area contributed by atoms with E-state index in [0.29, 0.717) is 11.5 Å². The van der Waals surface area contributed by atoms with Crippen LogP contribution in [-0.4, -0.2) is 11.1 Å². The third kappa shape index (κ3) is 2.13. The van der Waals surface area contributed by atoms with Gasteiger partial charge in [0, 0.05) is 11.6 Å². The Bertz CT molecular complexity index is 1170. The normalized spacial score (nSPS) is 24.1. The van der Waals surface area contributed by atoms with Crippen LogP contribution in [0.25, 0.3) is 10.8 Å². The second kappa shape index (κ2) is 5.71. The lowest BCUT2D eigenvalue weighted by atomic mass is 9.75. The summed E-state index contributed by atoms with van der Waals surface area (Å²) in [6.07, 6.45) is 7.82. The van der Waals surface area contributed by atoms with E-state index in [9.17, 15) is 9.90 Å². The van der Waals surface area contributed by atoms with Crippen molar-refractivity contribution in [2.24, 2.45) is 5.92 Å². The maximum Gasteiger partial charge on any atom is 0.335 e. The molecule has 1 aliphatic heterocycles. The van der Waals surface area contributed by atoms with Crippen LogP contribution in [0.1, 0.15) is 51.0 Å². The van der Waals surface area contributed by atoms with Crippen molar-refractivity contribution in [2.45, 2.75) is 31.2 Å². The second-order valence-electron chi connectivity index (χ2n) is 8.24. The Labute approximate surface area is 163 Å². The Kier molecular flexibility index (Phi) is 3.25. The third-order valence-electron chi connectivity index (χ3n) is 6.86. The van der Waals surface area contributed by atoms with Crippen molar-refractivity contribution in [1.29, 1.82) is 0 Å². The molecule has 2 aliphatic carbocycles. The summed E-state index contributed by atoms with van der Waals surface area (Å²) in [4.78, 5) is 11.4. The van der Waals surface area contributed by atoms with Gasteiger partial charge in [0.15, 0.2) is 0 Å². The van der Waals surface area contributed by atoms with E-state index in [0.717, 1.165) is 30.5 Å². The summed E-state index contributed by atoms with van der Waals surface area (Å²) in [6, 6.07) is 17.1.